The molecular formula is C15H23NO3. The molecule has 1 saturated heterocycles. The summed E-state index contributed by atoms with van der Waals surface area (Å²) in [4.78, 5) is 2.33. The molecule has 1 aliphatic rings. The third-order valence-electron chi connectivity index (χ3n) is 3.67. The largest absolute Gasteiger partial charge is 0.493 e. The zero-order valence-corrected chi connectivity index (χ0v) is 11.8. The van der Waals surface area contributed by atoms with Crippen molar-refractivity contribution in [1.82, 2.24) is 4.90 Å². The Morgan fingerprint density at radius 1 is 1.21 bits per heavy atom. The lowest BCUT2D eigenvalue weighted by Gasteiger charge is -2.35. The maximum Gasteiger partial charge on any atom is 0.161 e. The molecule has 106 valence electrons. The Kier molecular flexibility index (Phi) is 4.66. The summed E-state index contributed by atoms with van der Waals surface area (Å²) in [6.45, 7) is 5.30. The molecule has 1 fully saturated rings. The number of benzene rings is 1. The Bertz CT molecular complexity index is 396. The second-order valence-corrected chi connectivity index (χ2v) is 5.34. The molecule has 0 atom stereocenters. The SMILES string of the molecule is COc1ccccc1OCCN1CCC(C)(O)CC1. The monoisotopic (exact) mass is 265 g/mol. The normalized spacial score (nSPS) is 19.1. The summed E-state index contributed by atoms with van der Waals surface area (Å²) >= 11 is 0. The maximum absolute atomic E-state index is 9.89. The van der Waals surface area contributed by atoms with Gasteiger partial charge in [-0.1, -0.05) is 12.1 Å². The van der Waals surface area contributed by atoms with Crippen molar-refractivity contribution in [2.75, 3.05) is 33.4 Å². The van der Waals surface area contributed by atoms with E-state index in [1.807, 2.05) is 31.2 Å². The van der Waals surface area contributed by atoms with Gasteiger partial charge in [0.2, 0.25) is 0 Å². The number of methoxy groups -OCH3 is 1. The highest BCUT2D eigenvalue weighted by molar-refractivity contribution is 5.39. The molecule has 1 heterocycles. The van der Waals surface area contributed by atoms with Crippen molar-refractivity contribution in [2.24, 2.45) is 0 Å². The number of piperidine rings is 1. The molecule has 0 bridgehead atoms. The van der Waals surface area contributed by atoms with Gasteiger partial charge in [0.15, 0.2) is 11.5 Å². The van der Waals surface area contributed by atoms with Crippen LogP contribution in [-0.4, -0.2) is 49.0 Å². The average Bonchev–Trinajstić information content (AvgIpc) is 2.41. The molecule has 4 nitrogen and oxygen atoms in total. The van der Waals surface area contributed by atoms with Crippen molar-refractivity contribution >= 4 is 0 Å². The number of rotatable bonds is 5. The predicted molar refractivity (Wildman–Crippen MR) is 74.8 cm³/mol. The third kappa shape index (κ3) is 4.11. The van der Waals surface area contributed by atoms with Crippen LogP contribution in [0.3, 0.4) is 0 Å². The number of ether oxygens (including phenoxy) is 2. The van der Waals surface area contributed by atoms with Crippen LogP contribution in [0.4, 0.5) is 0 Å². The maximum atomic E-state index is 9.89. The smallest absolute Gasteiger partial charge is 0.161 e. The Morgan fingerprint density at radius 2 is 1.84 bits per heavy atom. The number of hydrogen-bond acceptors (Lipinski definition) is 4. The Balaban J connectivity index is 1.75. The highest BCUT2D eigenvalue weighted by Crippen LogP contribution is 2.26. The fourth-order valence-corrected chi connectivity index (χ4v) is 2.28. The van der Waals surface area contributed by atoms with Crippen LogP contribution < -0.4 is 9.47 Å². The van der Waals surface area contributed by atoms with Crippen molar-refractivity contribution in [3.05, 3.63) is 24.3 Å². The van der Waals surface area contributed by atoms with Crippen molar-refractivity contribution in [1.29, 1.82) is 0 Å². The number of likely N-dealkylation sites (tertiary alicyclic amines) is 1. The van der Waals surface area contributed by atoms with Crippen LogP contribution >= 0.6 is 0 Å². The topological polar surface area (TPSA) is 41.9 Å². The number of aliphatic hydroxyl groups is 1. The van der Waals surface area contributed by atoms with E-state index >= 15 is 0 Å². The molecule has 0 amide bonds. The zero-order valence-electron chi connectivity index (χ0n) is 11.8. The lowest BCUT2D eigenvalue weighted by Crippen LogP contribution is -2.43. The Labute approximate surface area is 114 Å². The lowest BCUT2D eigenvalue weighted by molar-refractivity contribution is -0.00772. The van der Waals surface area contributed by atoms with Crippen LogP contribution in [0.25, 0.3) is 0 Å². The van der Waals surface area contributed by atoms with E-state index in [0.29, 0.717) is 6.61 Å². The van der Waals surface area contributed by atoms with E-state index in [4.69, 9.17) is 9.47 Å². The van der Waals surface area contributed by atoms with E-state index in [2.05, 4.69) is 4.90 Å². The van der Waals surface area contributed by atoms with Gasteiger partial charge in [-0.25, -0.2) is 0 Å². The quantitative estimate of drug-likeness (QED) is 0.883. The molecule has 0 unspecified atom stereocenters. The van der Waals surface area contributed by atoms with Crippen LogP contribution in [0, 0.1) is 0 Å². The fourth-order valence-electron chi connectivity index (χ4n) is 2.28. The van der Waals surface area contributed by atoms with Gasteiger partial charge in [-0.15, -0.1) is 0 Å². The summed E-state index contributed by atoms with van der Waals surface area (Å²) in [6.07, 6.45) is 1.67. The summed E-state index contributed by atoms with van der Waals surface area (Å²) in [5.41, 5.74) is -0.486. The lowest BCUT2D eigenvalue weighted by atomic mass is 9.94. The summed E-state index contributed by atoms with van der Waals surface area (Å²) in [5.74, 6) is 1.55. The van der Waals surface area contributed by atoms with Crippen molar-refractivity contribution < 1.29 is 14.6 Å². The van der Waals surface area contributed by atoms with Crippen LogP contribution in [-0.2, 0) is 0 Å². The molecule has 1 N–H and O–H groups in total. The molecule has 0 spiro atoms. The molecule has 19 heavy (non-hydrogen) atoms. The summed E-state index contributed by atoms with van der Waals surface area (Å²) in [7, 11) is 1.65. The first kappa shape index (κ1) is 14.2. The minimum absolute atomic E-state index is 0.486. The number of para-hydroxylation sites is 2. The van der Waals surface area contributed by atoms with Crippen LogP contribution in [0.2, 0.25) is 0 Å². The summed E-state index contributed by atoms with van der Waals surface area (Å²) in [5, 5.41) is 9.89. The van der Waals surface area contributed by atoms with E-state index in [1.54, 1.807) is 7.11 Å². The summed E-state index contributed by atoms with van der Waals surface area (Å²) in [6, 6.07) is 7.68. The summed E-state index contributed by atoms with van der Waals surface area (Å²) < 4.78 is 11.0. The van der Waals surface area contributed by atoms with Crippen molar-refractivity contribution in [3.8, 4) is 11.5 Å². The van der Waals surface area contributed by atoms with Gasteiger partial charge >= 0.3 is 0 Å². The predicted octanol–water partition coefficient (Wildman–Crippen LogP) is 1.92. The van der Waals surface area contributed by atoms with Crippen LogP contribution in [0.1, 0.15) is 19.8 Å². The van der Waals surface area contributed by atoms with Crippen molar-refractivity contribution in [2.45, 2.75) is 25.4 Å². The molecule has 0 radical (unpaired) electrons. The average molecular weight is 265 g/mol. The molecule has 1 aliphatic heterocycles. The molecule has 2 rings (SSSR count). The Morgan fingerprint density at radius 3 is 2.47 bits per heavy atom. The van der Waals surface area contributed by atoms with E-state index in [0.717, 1.165) is 44.0 Å². The first-order valence-corrected chi connectivity index (χ1v) is 6.81. The molecule has 0 aliphatic carbocycles. The highest BCUT2D eigenvalue weighted by atomic mass is 16.5. The van der Waals surface area contributed by atoms with Gasteiger partial charge in [-0.2, -0.15) is 0 Å². The highest BCUT2D eigenvalue weighted by Gasteiger charge is 2.26. The molecule has 0 saturated carbocycles. The van der Waals surface area contributed by atoms with Crippen LogP contribution in [0.5, 0.6) is 11.5 Å². The Hall–Kier alpha value is -1.26. The second kappa shape index (κ2) is 6.26. The van der Waals surface area contributed by atoms with Gasteiger partial charge < -0.3 is 14.6 Å². The first-order chi connectivity index (χ1) is 9.11. The second-order valence-electron chi connectivity index (χ2n) is 5.34. The van der Waals surface area contributed by atoms with Crippen LogP contribution in [0.15, 0.2) is 24.3 Å². The standard InChI is InChI=1S/C15H23NO3/c1-15(17)7-9-16(10-8-15)11-12-19-14-6-4-3-5-13(14)18-2/h3-6,17H,7-12H2,1-2H3. The molecular weight excluding hydrogens is 242 g/mol. The van der Waals surface area contributed by atoms with E-state index < -0.39 is 5.60 Å². The third-order valence-corrected chi connectivity index (χ3v) is 3.67. The van der Waals surface area contributed by atoms with E-state index in [1.165, 1.54) is 0 Å². The minimum atomic E-state index is -0.486. The molecule has 0 aromatic heterocycles. The van der Waals surface area contributed by atoms with E-state index in [9.17, 15) is 5.11 Å². The van der Waals surface area contributed by atoms with E-state index in [-0.39, 0.29) is 0 Å². The van der Waals surface area contributed by atoms with Gasteiger partial charge in [0, 0.05) is 19.6 Å². The van der Waals surface area contributed by atoms with Gasteiger partial charge in [-0.05, 0) is 31.9 Å². The van der Waals surface area contributed by atoms with Gasteiger partial charge in [0.25, 0.3) is 0 Å². The number of nitrogens with zero attached hydrogens (tertiary/aromatic N) is 1. The van der Waals surface area contributed by atoms with Crippen molar-refractivity contribution in [3.63, 3.8) is 0 Å². The zero-order chi connectivity index (χ0) is 13.7. The molecule has 1 aromatic rings. The van der Waals surface area contributed by atoms with Gasteiger partial charge in [0.05, 0.1) is 12.7 Å². The van der Waals surface area contributed by atoms with Gasteiger partial charge in [0.1, 0.15) is 6.61 Å². The first-order valence-electron chi connectivity index (χ1n) is 6.81. The molecule has 1 aromatic carbocycles. The fraction of sp³-hybridized carbons (Fsp3) is 0.600. The number of hydrogen-bond donors (Lipinski definition) is 1. The minimum Gasteiger partial charge on any atom is -0.493 e. The molecule has 4 heteroatoms. The van der Waals surface area contributed by atoms with Gasteiger partial charge in [-0.3, -0.25) is 4.90 Å².